The highest BCUT2D eigenvalue weighted by molar-refractivity contribution is 6.19. The number of nitrogens with one attached hydrogen (secondary N) is 1. The van der Waals surface area contributed by atoms with Crippen molar-refractivity contribution < 1.29 is 4.79 Å². The van der Waals surface area contributed by atoms with Gasteiger partial charge < -0.3 is 5.32 Å². The van der Waals surface area contributed by atoms with E-state index in [1.165, 1.54) is 0 Å². The van der Waals surface area contributed by atoms with Crippen LogP contribution in [-0.2, 0) is 0 Å². The molecule has 0 aliphatic rings. The van der Waals surface area contributed by atoms with Crippen molar-refractivity contribution in [3.8, 4) is 0 Å². The van der Waals surface area contributed by atoms with Crippen LogP contribution in [0.15, 0.2) is 79.0 Å². The van der Waals surface area contributed by atoms with Gasteiger partial charge in [-0.15, -0.1) is 0 Å². The summed E-state index contributed by atoms with van der Waals surface area (Å²) in [5, 5.41) is 7.11. The minimum atomic E-state index is -0.190. The van der Waals surface area contributed by atoms with Crippen molar-refractivity contribution in [1.82, 2.24) is 9.97 Å². The van der Waals surface area contributed by atoms with Crippen LogP contribution >= 0.6 is 0 Å². The lowest BCUT2D eigenvalue weighted by molar-refractivity contribution is 0.102. The zero-order valence-corrected chi connectivity index (χ0v) is 15.3. The molecular weight excluding hydrogens is 346 g/mol. The second-order valence-corrected chi connectivity index (χ2v) is 6.83. The molecule has 5 aromatic rings. The lowest BCUT2D eigenvalue weighted by Crippen LogP contribution is -2.13. The number of carbonyl (C=O) groups is 1. The molecule has 0 spiro atoms. The Morgan fingerprint density at radius 1 is 0.821 bits per heavy atom. The molecule has 0 unspecified atom stereocenters. The van der Waals surface area contributed by atoms with Gasteiger partial charge in [0.25, 0.3) is 5.91 Å². The standard InChI is InChI=1S/C24H17N3O/c1-15-11-12-16-7-4-10-21(22(16)26-15)27-24(28)20-14-17-6-2-3-8-18(17)19-9-5-13-25-23(19)20/h2-14H,1H3,(H,27,28). The van der Waals surface area contributed by atoms with Crippen molar-refractivity contribution >= 4 is 44.2 Å². The van der Waals surface area contributed by atoms with Crippen molar-refractivity contribution in [3.05, 3.63) is 90.3 Å². The number of aromatic nitrogens is 2. The summed E-state index contributed by atoms with van der Waals surface area (Å²) in [5.74, 6) is -0.190. The van der Waals surface area contributed by atoms with E-state index in [1.807, 2.05) is 73.7 Å². The number of rotatable bonds is 2. The van der Waals surface area contributed by atoms with Crippen LogP contribution in [-0.4, -0.2) is 15.9 Å². The number of carbonyl (C=O) groups excluding carboxylic acids is 1. The summed E-state index contributed by atoms with van der Waals surface area (Å²) >= 11 is 0. The molecule has 28 heavy (non-hydrogen) atoms. The van der Waals surface area contributed by atoms with Crippen molar-refractivity contribution in [2.24, 2.45) is 0 Å². The van der Waals surface area contributed by atoms with Gasteiger partial charge in [-0.25, -0.2) is 0 Å². The maximum Gasteiger partial charge on any atom is 0.257 e. The van der Waals surface area contributed by atoms with Gasteiger partial charge in [0.15, 0.2) is 0 Å². The third-order valence-corrected chi connectivity index (χ3v) is 4.97. The summed E-state index contributed by atoms with van der Waals surface area (Å²) in [5.41, 5.74) is 3.64. The molecule has 2 aromatic heterocycles. The normalized spacial score (nSPS) is 11.2. The fraction of sp³-hybridized carbons (Fsp3) is 0.0417. The van der Waals surface area contributed by atoms with E-state index in [9.17, 15) is 4.79 Å². The molecule has 0 saturated carbocycles. The first-order chi connectivity index (χ1) is 13.7. The van der Waals surface area contributed by atoms with Crippen LogP contribution in [0.25, 0.3) is 32.6 Å². The van der Waals surface area contributed by atoms with E-state index < -0.39 is 0 Å². The molecule has 134 valence electrons. The second-order valence-electron chi connectivity index (χ2n) is 6.83. The summed E-state index contributed by atoms with van der Waals surface area (Å²) in [6.45, 7) is 1.94. The minimum Gasteiger partial charge on any atom is -0.320 e. The van der Waals surface area contributed by atoms with Crippen LogP contribution < -0.4 is 5.32 Å². The zero-order chi connectivity index (χ0) is 19.1. The van der Waals surface area contributed by atoms with E-state index in [0.29, 0.717) is 16.8 Å². The molecule has 2 heterocycles. The lowest BCUT2D eigenvalue weighted by Gasteiger charge is -2.12. The first-order valence-corrected chi connectivity index (χ1v) is 9.15. The highest BCUT2D eigenvalue weighted by atomic mass is 16.1. The largest absolute Gasteiger partial charge is 0.320 e. The number of hydrogen-bond acceptors (Lipinski definition) is 3. The third kappa shape index (κ3) is 2.67. The molecule has 0 saturated heterocycles. The number of anilines is 1. The van der Waals surface area contributed by atoms with E-state index >= 15 is 0 Å². The highest BCUT2D eigenvalue weighted by Crippen LogP contribution is 2.29. The number of amides is 1. The number of aryl methyl sites for hydroxylation is 1. The van der Waals surface area contributed by atoms with Crippen LogP contribution in [0.1, 0.15) is 16.1 Å². The smallest absolute Gasteiger partial charge is 0.257 e. The number of para-hydroxylation sites is 1. The first kappa shape index (κ1) is 16.4. The Morgan fingerprint density at radius 3 is 2.57 bits per heavy atom. The van der Waals surface area contributed by atoms with Crippen LogP contribution in [0.2, 0.25) is 0 Å². The molecule has 0 atom stereocenters. The Morgan fingerprint density at radius 2 is 1.64 bits per heavy atom. The lowest BCUT2D eigenvalue weighted by atomic mass is 10.0. The number of hydrogen-bond donors (Lipinski definition) is 1. The predicted molar refractivity (Wildman–Crippen MR) is 114 cm³/mol. The van der Waals surface area contributed by atoms with Gasteiger partial charge in [0.2, 0.25) is 0 Å². The Bertz CT molecular complexity index is 1370. The Kier molecular flexibility index (Phi) is 3.76. The van der Waals surface area contributed by atoms with Crippen LogP contribution in [0, 0.1) is 6.92 Å². The summed E-state index contributed by atoms with van der Waals surface area (Å²) in [6.07, 6.45) is 1.72. The number of benzene rings is 3. The molecule has 0 fully saturated rings. The van der Waals surface area contributed by atoms with Crippen molar-refractivity contribution in [1.29, 1.82) is 0 Å². The molecule has 4 heteroatoms. The molecule has 0 bridgehead atoms. The van der Waals surface area contributed by atoms with Crippen LogP contribution in [0.4, 0.5) is 5.69 Å². The average molecular weight is 363 g/mol. The predicted octanol–water partition coefficient (Wildman–Crippen LogP) is 5.50. The SMILES string of the molecule is Cc1ccc2cccc(NC(=O)c3cc4ccccc4c4cccnc34)c2n1. The molecule has 1 N–H and O–H groups in total. The Balaban J connectivity index is 1.67. The van der Waals surface area contributed by atoms with Gasteiger partial charge in [-0.2, -0.15) is 0 Å². The number of nitrogens with zero attached hydrogens (tertiary/aromatic N) is 2. The molecule has 0 aliphatic carbocycles. The van der Waals surface area contributed by atoms with Crippen molar-refractivity contribution in [2.75, 3.05) is 5.32 Å². The van der Waals surface area contributed by atoms with Gasteiger partial charge in [-0.1, -0.05) is 48.5 Å². The fourth-order valence-electron chi connectivity index (χ4n) is 3.64. The fourth-order valence-corrected chi connectivity index (χ4v) is 3.64. The Hall–Kier alpha value is -3.79. The molecule has 4 nitrogen and oxygen atoms in total. The van der Waals surface area contributed by atoms with Gasteiger partial charge in [-0.3, -0.25) is 14.8 Å². The highest BCUT2D eigenvalue weighted by Gasteiger charge is 2.15. The molecule has 5 rings (SSSR count). The monoisotopic (exact) mass is 363 g/mol. The summed E-state index contributed by atoms with van der Waals surface area (Å²) in [4.78, 5) is 22.3. The van der Waals surface area contributed by atoms with Crippen LogP contribution in [0.5, 0.6) is 0 Å². The van der Waals surface area contributed by atoms with Gasteiger partial charge in [-0.05, 0) is 42.0 Å². The first-order valence-electron chi connectivity index (χ1n) is 9.15. The molecular formula is C24H17N3O. The van der Waals surface area contributed by atoms with Crippen molar-refractivity contribution in [3.63, 3.8) is 0 Å². The maximum absolute atomic E-state index is 13.2. The van der Waals surface area contributed by atoms with E-state index in [2.05, 4.69) is 21.4 Å². The molecule has 0 radical (unpaired) electrons. The number of pyridine rings is 2. The van der Waals surface area contributed by atoms with E-state index in [-0.39, 0.29) is 5.91 Å². The topological polar surface area (TPSA) is 54.9 Å². The van der Waals surface area contributed by atoms with E-state index in [1.54, 1.807) is 6.20 Å². The minimum absolute atomic E-state index is 0.190. The average Bonchev–Trinajstić information content (AvgIpc) is 2.73. The second kappa shape index (κ2) is 6.43. The number of fused-ring (bicyclic) bond motifs is 4. The quantitative estimate of drug-likeness (QED) is 0.422. The van der Waals surface area contributed by atoms with Gasteiger partial charge in [0.05, 0.1) is 22.3 Å². The van der Waals surface area contributed by atoms with Crippen molar-refractivity contribution in [2.45, 2.75) is 6.92 Å². The molecule has 0 aliphatic heterocycles. The van der Waals surface area contributed by atoms with E-state index in [0.717, 1.165) is 32.8 Å². The Labute approximate surface area is 161 Å². The third-order valence-electron chi connectivity index (χ3n) is 4.97. The van der Waals surface area contributed by atoms with E-state index in [4.69, 9.17) is 0 Å². The van der Waals surface area contributed by atoms with Gasteiger partial charge in [0, 0.05) is 22.7 Å². The molecule has 1 amide bonds. The van der Waals surface area contributed by atoms with Gasteiger partial charge >= 0.3 is 0 Å². The molecule has 3 aromatic carbocycles. The zero-order valence-electron chi connectivity index (χ0n) is 15.3. The summed E-state index contributed by atoms with van der Waals surface area (Å²) in [6, 6.07) is 23.6. The summed E-state index contributed by atoms with van der Waals surface area (Å²) < 4.78 is 0. The summed E-state index contributed by atoms with van der Waals surface area (Å²) in [7, 11) is 0. The van der Waals surface area contributed by atoms with Gasteiger partial charge in [0.1, 0.15) is 0 Å². The van der Waals surface area contributed by atoms with Crippen LogP contribution in [0.3, 0.4) is 0 Å². The maximum atomic E-state index is 13.2.